The Morgan fingerprint density at radius 2 is 2.12 bits per heavy atom. The van der Waals surface area contributed by atoms with Gasteiger partial charge in [-0.25, -0.2) is 4.98 Å². The first-order valence-electron chi connectivity index (χ1n) is 4.76. The normalized spacial score (nSPS) is 10.1. The Kier molecular flexibility index (Phi) is 2.96. The Balaban J connectivity index is 2.57. The number of rotatable bonds is 2. The van der Waals surface area contributed by atoms with Gasteiger partial charge < -0.3 is 9.72 Å². The van der Waals surface area contributed by atoms with Crippen molar-refractivity contribution < 1.29 is 4.74 Å². The highest BCUT2D eigenvalue weighted by molar-refractivity contribution is 7.71. The molecular weight excluding hydrogens is 222 g/mol. The van der Waals surface area contributed by atoms with Gasteiger partial charge in [-0.1, -0.05) is 0 Å². The van der Waals surface area contributed by atoms with Gasteiger partial charge in [-0.2, -0.15) is 0 Å². The first kappa shape index (κ1) is 10.8. The fourth-order valence-corrected chi connectivity index (χ4v) is 1.58. The summed E-state index contributed by atoms with van der Waals surface area (Å²) in [5.74, 6) is 0.716. The molecule has 0 amide bonds. The van der Waals surface area contributed by atoms with Crippen molar-refractivity contribution >= 4 is 12.2 Å². The molecular formula is C11H11N3OS. The molecule has 0 aliphatic heterocycles. The Morgan fingerprint density at radius 3 is 2.88 bits per heavy atom. The number of aromatic nitrogens is 3. The minimum absolute atomic E-state index is 0.461. The highest BCUT2D eigenvalue weighted by Gasteiger charge is 2.04. The Bertz CT molecular complexity index is 565. The van der Waals surface area contributed by atoms with E-state index in [-0.39, 0.29) is 0 Å². The van der Waals surface area contributed by atoms with Gasteiger partial charge in [0.2, 0.25) is 0 Å². The van der Waals surface area contributed by atoms with Crippen LogP contribution < -0.4 is 4.74 Å². The smallest absolute Gasteiger partial charge is 0.197 e. The summed E-state index contributed by atoms with van der Waals surface area (Å²) >= 11 is 5.00. The molecule has 2 aromatic rings. The Morgan fingerprint density at radius 1 is 1.31 bits per heavy atom. The average molecular weight is 233 g/mol. The molecule has 1 N–H and O–H groups in total. The average Bonchev–Trinajstić information content (AvgIpc) is 2.32. The molecule has 0 atom stereocenters. The standard InChI is InChI=1S/C11H11N3OS/c1-7-4-13-11(16)14-10(7)8-3-9(15-2)6-12-5-8/h3-6H,1-2H3,(H,13,14,16). The molecule has 16 heavy (non-hydrogen) atoms. The third kappa shape index (κ3) is 2.09. The SMILES string of the molecule is COc1cncc(-c2[nH]c(=S)ncc2C)c1. The predicted molar refractivity (Wildman–Crippen MR) is 63.9 cm³/mol. The van der Waals surface area contributed by atoms with Crippen LogP contribution in [0.25, 0.3) is 11.3 Å². The zero-order valence-electron chi connectivity index (χ0n) is 9.02. The molecule has 0 bridgehead atoms. The van der Waals surface area contributed by atoms with Gasteiger partial charge >= 0.3 is 0 Å². The zero-order chi connectivity index (χ0) is 11.5. The molecule has 0 aromatic carbocycles. The van der Waals surface area contributed by atoms with Crippen LogP contribution in [-0.2, 0) is 0 Å². The van der Waals surface area contributed by atoms with Crippen LogP contribution in [0, 0.1) is 11.7 Å². The van der Waals surface area contributed by atoms with Gasteiger partial charge in [-0.3, -0.25) is 4.98 Å². The summed E-state index contributed by atoms with van der Waals surface area (Å²) in [7, 11) is 1.61. The van der Waals surface area contributed by atoms with Crippen LogP contribution in [0.2, 0.25) is 0 Å². The molecule has 0 aliphatic carbocycles. The summed E-state index contributed by atoms with van der Waals surface area (Å²) in [5.41, 5.74) is 2.88. The fourth-order valence-electron chi connectivity index (χ4n) is 1.42. The van der Waals surface area contributed by atoms with Gasteiger partial charge in [0.1, 0.15) is 5.75 Å². The summed E-state index contributed by atoms with van der Waals surface area (Å²) in [6.45, 7) is 1.97. The van der Waals surface area contributed by atoms with E-state index in [0.29, 0.717) is 10.5 Å². The number of ether oxygens (including phenoxy) is 1. The van der Waals surface area contributed by atoms with Crippen LogP contribution in [0.1, 0.15) is 5.56 Å². The number of methoxy groups -OCH3 is 1. The molecule has 2 heterocycles. The molecule has 4 nitrogen and oxygen atoms in total. The summed E-state index contributed by atoms with van der Waals surface area (Å²) in [6, 6.07) is 1.90. The summed E-state index contributed by atoms with van der Waals surface area (Å²) in [5, 5.41) is 0. The molecule has 0 spiro atoms. The quantitative estimate of drug-likeness (QED) is 0.810. The summed E-state index contributed by atoms with van der Waals surface area (Å²) in [6.07, 6.45) is 5.17. The van der Waals surface area contributed by atoms with Gasteiger partial charge in [-0.15, -0.1) is 0 Å². The van der Waals surface area contributed by atoms with Crippen molar-refractivity contribution in [3.05, 3.63) is 35.0 Å². The maximum absolute atomic E-state index is 5.13. The highest BCUT2D eigenvalue weighted by atomic mass is 32.1. The van der Waals surface area contributed by atoms with Crippen molar-refractivity contribution in [2.45, 2.75) is 6.92 Å². The molecule has 0 fully saturated rings. The lowest BCUT2D eigenvalue weighted by atomic mass is 10.1. The second kappa shape index (κ2) is 4.40. The number of aromatic amines is 1. The number of pyridine rings is 1. The number of H-pyrrole nitrogens is 1. The van der Waals surface area contributed by atoms with Crippen LogP contribution in [0.5, 0.6) is 5.75 Å². The minimum Gasteiger partial charge on any atom is -0.495 e. The third-order valence-corrected chi connectivity index (χ3v) is 2.45. The fraction of sp³-hybridized carbons (Fsp3) is 0.182. The van der Waals surface area contributed by atoms with Crippen LogP contribution in [0.15, 0.2) is 24.7 Å². The van der Waals surface area contributed by atoms with E-state index in [0.717, 1.165) is 16.8 Å². The molecule has 82 valence electrons. The van der Waals surface area contributed by atoms with E-state index in [2.05, 4.69) is 15.0 Å². The van der Waals surface area contributed by atoms with Crippen LogP contribution in [0.3, 0.4) is 0 Å². The lowest BCUT2D eigenvalue weighted by Crippen LogP contribution is -1.93. The van der Waals surface area contributed by atoms with Crippen LogP contribution in [0.4, 0.5) is 0 Å². The topological polar surface area (TPSA) is 50.8 Å². The molecule has 2 aromatic heterocycles. The van der Waals surface area contributed by atoms with E-state index in [1.165, 1.54) is 0 Å². The van der Waals surface area contributed by atoms with Gasteiger partial charge in [-0.05, 0) is 30.8 Å². The number of hydrogen-bond donors (Lipinski definition) is 1. The van der Waals surface area contributed by atoms with Gasteiger partial charge in [0, 0.05) is 18.0 Å². The van der Waals surface area contributed by atoms with Gasteiger partial charge in [0.05, 0.1) is 19.0 Å². The van der Waals surface area contributed by atoms with E-state index in [1.807, 2.05) is 13.0 Å². The molecule has 0 radical (unpaired) electrons. The second-order valence-corrected chi connectivity index (χ2v) is 3.75. The van der Waals surface area contributed by atoms with Crippen molar-refractivity contribution in [3.8, 4) is 17.0 Å². The molecule has 5 heteroatoms. The van der Waals surface area contributed by atoms with E-state index in [4.69, 9.17) is 17.0 Å². The second-order valence-electron chi connectivity index (χ2n) is 3.36. The lowest BCUT2D eigenvalue weighted by molar-refractivity contribution is 0.413. The van der Waals surface area contributed by atoms with Crippen molar-refractivity contribution in [2.24, 2.45) is 0 Å². The van der Waals surface area contributed by atoms with E-state index in [9.17, 15) is 0 Å². The van der Waals surface area contributed by atoms with E-state index >= 15 is 0 Å². The van der Waals surface area contributed by atoms with E-state index in [1.54, 1.807) is 25.7 Å². The predicted octanol–water partition coefficient (Wildman–Crippen LogP) is 2.52. The van der Waals surface area contributed by atoms with Crippen LogP contribution in [-0.4, -0.2) is 22.1 Å². The molecule has 2 rings (SSSR count). The minimum atomic E-state index is 0.461. The third-order valence-electron chi connectivity index (χ3n) is 2.24. The van der Waals surface area contributed by atoms with Crippen molar-refractivity contribution in [3.63, 3.8) is 0 Å². The lowest BCUT2D eigenvalue weighted by Gasteiger charge is -2.06. The van der Waals surface area contributed by atoms with Crippen molar-refractivity contribution in [1.29, 1.82) is 0 Å². The van der Waals surface area contributed by atoms with Gasteiger partial charge in [0.15, 0.2) is 4.77 Å². The molecule has 0 unspecified atom stereocenters. The number of nitrogens with one attached hydrogen (secondary N) is 1. The number of nitrogens with zero attached hydrogens (tertiary/aromatic N) is 2. The van der Waals surface area contributed by atoms with Crippen LogP contribution >= 0.6 is 12.2 Å². The first-order valence-corrected chi connectivity index (χ1v) is 5.17. The number of aryl methyl sites for hydroxylation is 1. The summed E-state index contributed by atoms with van der Waals surface area (Å²) < 4.78 is 5.59. The Labute approximate surface area is 98.3 Å². The van der Waals surface area contributed by atoms with E-state index < -0.39 is 0 Å². The largest absolute Gasteiger partial charge is 0.495 e. The molecule has 0 saturated carbocycles. The summed E-state index contributed by atoms with van der Waals surface area (Å²) in [4.78, 5) is 11.2. The highest BCUT2D eigenvalue weighted by Crippen LogP contribution is 2.22. The molecule has 0 aliphatic rings. The maximum Gasteiger partial charge on any atom is 0.197 e. The zero-order valence-corrected chi connectivity index (χ0v) is 9.84. The van der Waals surface area contributed by atoms with Gasteiger partial charge in [0.25, 0.3) is 0 Å². The monoisotopic (exact) mass is 233 g/mol. The number of hydrogen-bond acceptors (Lipinski definition) is 4. The molecule has 0 saturated heterocycles. The maximum atomic E-state index is 5.13. The first-order chi connectivity index (χ1) is 7.70. The van der Waals surface area contributed by atoms with Crippen molar-refractivity contribution in [1.82, 2.24) is 15.0 Å². The Hall–Kier alpha value is -1.75. The van der Waals surface area contributed by atoms with Crippen molar-refractivity contribution in [2.75, 3.05) is 7.11 Å².